The zero-order valence-electron chi connectivity index (χ0n) is 32.0. The lowest BCUT2D eigenvalue weighted by Crippen LogP contribution is -2.28. The molecule has 0 spiro atoms. The van der Waals surface area contributed by atoms with Gasteiger partial charge in [-0.05, 0) is 96.3 Å². The van der Waals surface area contributed by atoms with E-state index in [0.717, 1.165) is 109 Å². The molecule has 0 heterocycles. The lowest BCUT2D eigenvalue weighted by atomic mass is 10.0. The van der Waals surface area contributed by atoms with Crippen molar-refractivity contribution in [2.24, 2.45) is 0 Å². The molecule has 0 fully saturated rings. The third-order valence-electron chi connectivity index (χ3n) is 8.37. The third kappa shape index (κ3) is 37.7. The minimum Gasteiger partial charge on any atom is -0.480 e. The fourth-order valence-electron chi connectivity index (χ4n) is 5.42. The summed E-state index contributed by atoms with van der Waals surface area (Å²) in [6, 6.07) is 0. The molecule has 0 radical (unpaired) electrons. The van der Waals surface area contributed by atoms with Gasteiger partial charge in [0.05, 0.1) is 0 Å². The second kappa shape index (κ2) is 38.6. The first-order valence-corrected chi connectivity index (χ1v) is 20.1. The van der Waals surface area contributed by atoms with Crippen molar-refractivity contribution in [1.29, 1.82) is 0 Å². The molecule has 0 saturated carbocycles. The highest BCUT2D eigenvalue weighted by atomic mass is 16.5. The zero-order chi connectivity index (χ0) is 36.6. The molecule has 50 heavy (non-hydrogen) atoms. The molecule has 0 aliphatic heterocycles. The van der Waals surface area contributed by atoms with E-state index in [9.17, 15) is 14.4 Å². The number of esters is 1. The molecule has 0 rings (SSSR count). The number of hydrogen-bond acceptors (Lipinski definition) is 4. The standard InChI is InChI=1S/C44H73NO5/c1-3-5-7-9-11-13-15-17-18-20-22-24-26-31-35-39-44(49)50-41(37-33-29-27-30-34-38-42(46)45-40-43(47)48)36-32-28-25-23-21-19-16-14-12-10-8-6-4-2/h6,8,11-14,17-19,21,25,28,41H,3-5,7,9-10,15-16,20,22-24,26-27,29-40H2,1-2H3,(H,45,46)(H,47,48)/b8-6-,13-11-,14-12-,18-17-,21-19-,28-25-. The number of carbonyl (C=O) groups is 3. The van der Waals surface area contributed by atoms with E-state index in [-0.39, 0.29) is 24.5 Å². The summed E-state index contributed by atoms with van der Waals surface area (Å²) in [5.74, 6) is -1.31. The molecule has 0 saturated heterocycles. The number of carboxylic acid groups (broad SMARTS) is 1. The Morgan fingerprint density at radius 1 is 0.540 bits per heavy atom. The molecule has 6 heteroatoms. The molecule has 1 atom stereocenters. The molecule has 0 aliphatic carbocycles. The molecule has 1 amide bonds. The Kier molecular flexibility index (Phi) is 36.2. The summed E-state index contributed by atoms with van der Waals surface area (Å²) < 4.78 is 5.97. The van der Waals surface area contributed by atoms with Crippen LogP contribution >= 0.6 is 0 Å². The van der Waals surface area contributed by atoms with Gasteiger partial charge in [-0.1, -0.05) is 138 Å². The van der Waals surface area contributed by atoms with Crippen LogP contribution in [0.1, 0.15) is 174 Å². The number of amides is 1. The van der Waals surface area contributed by atoms with Gasteiger partial charge in [-0.3, -0.25) is 14.4 Å². The summed E-state index contributed by atoms with van der Waals surface area (Å²) in [7, 11) is 0. The fourth-order valence-corrected chi connectivity index (χ4v) is 5.42. The molecule has 0 bridgehead atoms. The van der Waals surface area contributed by atoms with Crippen LogP contribution in [-0.4, -0.2) is 35.6 Å². The number of nitrogens with one attached hydrogen (secondary N) is 1. The molecule has 0 aromatic heterocycles. The van der Waals surface area contributed by atoms with Crippen molar-refractivity contribution < 1.29 is 24.2 Å². The number of rotatable bonds is 35. The Labute approximate surface area is 306 Å². The van der Waals surface area contributed by atoms with E-state index in [1.165, 1.54) is 38.5 Å². The molecular formula is C44H73NO5. The normalized spacial score (nSPS) is 12.8. The van der Waals surface area contributed by atoms with Gasteiger partial charge in [-0.25, -0.2) is 0 Å². The van der Waals surface area contributed by atoms with Gasteiger partial charge in [0.2, 0.25) is 5.91 Å². The summed E-state index contributed by atoms with van der Waals surface area (Å²) in [6.45, 7) is 4.06. The Morgan fingerprint density at radius 2 is 1.02 bits per heavy atom. The van der Waals surface area contributed by atoms with Crippen molar-refractivity contribution in [1.82, 2.24) is 5.32 Å². The van der Waals surface area contributed by atoms with E-state index in [4.69, 9.17) is 9.84 Å². The van der Waals surface area contributed by atoms with Gasteiger partial charge in [0.25, 0.3) is 0 Å². The first-order chi connectivity index (χ1) is 24.5. The van der Waals surface area contributed by atoms with Crippen molar-refractivity contribution >= 4 is 17.8 Å². The number of allylic oxidation sites excluding steroid dienone is 12. The second-order valence-corrected chi connectivity index (χ2v) is 13.1. The average Bonchev–Trinajstić information content (AvgIpc) is 3.10. The van der Waals surface area contributed by atoms with Crippen molar-refractivity contribution in [3.63, 3.8) is 0 Å². The first kappa shape index (κ1) is 46.9. The Morgan fingerprint density at radius 3 is 1.60 bits per heavy atom. The van der Waals surface area contributed by atoms with E-state index < -0.39 is 5.97 Å². The van der Waals surface area contributed by atoms with Gasteiger partial charge in [0, 0.05) is 12.8 Å². The number of hydrogen-bond donors (Lipinski definition) is 2. The van der Waals surface area contributed by atoms with Crippen LogP contribution in [0.3, 0.4) is 0 Å². The molecule has 6 nitrogen and oxygen atoms in total. The van der Waals surface area contributed by atoms with E-state index in [1.54, 1.807) is 0 Å². The SMILES string of the molecule is CC/C=C\C/C=C\C/C=C\C/C=C\CCC(CCCCCCCC(=O)NCC(=O)O)OC(=O)CCCCCCC/C=C\C/C=C\CCCCC. The minimum absolute atomic E-state index is 0.0608. The zero-order valence-corrected chi connectivity index (χ0v) is 32.0. The molecule has 0 aromatic carbocycles. The van der Waals surface area contributed by atoms with Gasteiger partial charge >= 0.3 is 11.9 Å². The smallest absolute Gasteiger partial charge is 0.322 e. The van der Waals surface area contributed by atoms with Gasteiger partial charge in [0.1, 0.15) is 12.6 Å². The van der Waals surface area contributed by atoms with E-state index in [2.05, 4.69) is 92.1 Å². The van der Waals surface area contributed by atoms with Crippen LogP contribution in [0.4, 0.5) is 0 Å². The Bertz CT molecular complexity index is 990. The molecule has 0 aromatic rings. The second-order valence-electron chi connectivity index (χ2n) is 13.1. The summed E-state index contributed by atoms with van der Waals surface area (Å²) >= 11 is 0. The van der Waals surface area contributed by atoms with Crippen LogP contribution < -0.4 is 5.32 Å². The maximum Gasteiger partial charge on any atom is 0.322 e. The van der Waals surface area contributed by atoms with E-state index in [1.807, 2.05) is 0 Å². The largest absolute Gasteiger partial charge is 0.480 e. The summed E-state index contributed by atoms with van der Waals surface area (Å²) in [5, 5.41) is 11.1. The van der Waals surface area contributed by atoms with Gasteiger partial charge in [-0.2, -0.15) is 0 Å². The van der Waals surface area contributed by atoms with Crippen LogP contribution in [0, 0.1) is 0 Å². The van der Waals surface area contributed by atoms with E-state index in [0.29, 0.717) is 12.8 Å². The third-order valence-corrected chi connectivity index (χ3v) is 8.37. The predicted octanol–water partition coefficient (Wildman–Crippen LogP) is 12.2. The van der Waals surface area contributed by atoms with Crippen LogP contribution in [0.2, 0.25) is 0 Å². The van der Waals surface area contributed by atoms with Gasteiger partial charge in [0.15, 0.2) is 0 Å². The Balaban J connectivity index is 4.35. The minimum atomic E-state index is -1.03. The van der Waals surface area contributed by atoms with Crippen LogP contribution in [0.15, 0.2) is 72.9 Å². The fraction of sp³-hybridized carbons (Fsp3) is 0.659. The van der Waals surface area contributed by atoms with Gasteiger partial charge in [-0.15, -0.1) is 0 Å². The highest BCUT2D eigenvalue weighted by Crippen LogP contribution is 2.17. The highest BCUT2D eigenvalue weighted by Gasteiger charge is 2.14. The monoisotopic (exact) mass is 696 g/mol. The van der Waals surface area contributed by atoms with Crippen LogP contribution in [0.25, 0.3) is 0 Å². The summed E-state index contributed by atoms with van der Waals surface area (Å²) in [6.07, 6.45) is 51.6. The first-order valence-electron chi connectivity index (χ1n) is 20.1. The number of aliphatic carboxylic acids is 1. The lowest BCUT2D eigenvalue weighted by molar-refractivity contribution is -0.150. The van der Waals surface area contributed by atoms with E-state index >= 15 is 0 Å². The molecule has 2 N–H and O–H groups in total. The van der Waals surface area contributed by atoms with Crippen molar-refractivity contribution in [3.8, 4) is 0 Å². The maximum atomic E-state index is 12.7. The molecule has 284 valence electrons. The maximum absolute atomic E-state index is 12.7. The number of unbranched alkanes of at least 4 members (excludes halogenated alkanes) is 12. The predicted molar refractivity (Wildman–Crippen MR) is 212 cm³/mol. The molecular weight excluding hydrogens is 622 g/mol. The number of carboxylic acids is 1. The number of carbonyl (C=O) groups excluding carboxylic acids is 2. The van der Waals surface area contributed by atoms with Crippen molar-refractivity contribution in [3.05, 3.63) is 72.9 Å². The lowest BCUT2D eigenvalue weighted by Gasteiger charge is -2.17. The van der Waals surface area contributed by atoms with Gasteiger partial charge < -0.3 is 15.2 Å². The van der Waals surface area contributed by atoms with Crippen LogP contribution in [0.5, 0.6) is 0 Å². The topological polar surface area (TPSA) is 92.7 Å². The van der Waals surface area contributed by atoms with Crippen molar-refractivity contribution in [2.75, 3.05) is 6.54 Å². The van der Waals surface area contributed by atoms with Crippen molar-refractivity contribution in [2.45, 2.75) is 180 Å². The average molecular weight is 696 g/mol. The molecule has 0 aliphatic rings. The summed E-state index contributed by atoms with van der Waals surface area (Å²) in [4.78, 5) is 35.0. The quantitative estimate of drug-likeness (QED) is 0.0391. The number of ether oxygens (including phenoxy) is 1. The van der Waals surface area contributed by atoms with Crippen LogP contribution in [-0.2, 0) is 19.1 Å². The Hall–Kier alpha value is -3.15. The molecule has 1 unspecified atom stereocenters. The highest BCUT2D eigenvalue weighted by molar-refractivity contribution is 5.80. The summed E-state index contributed by atoms with van der Waals surface area (Å²) in [5.41, 5.74) is 0.